The molecule has 4 rings (SSSR count). The summed E-state index contributed by atoms with van der Waals surface area (Å²) in [5.41, 5.74) is 0.457. The lowest BCUT2D eigenvalue weighted by Gasteiger charge is -2.41. The largest absolute Gasteiger partial charge is 0.455 e. The normalized spacial score (nSPS) is 35.1. The van der Waals surface area contributed by atoms with E-state index in [0.29, 0.717) is 5.56 Å². The maximum Gasteiger partial charge on any atom is 0.325 e. The van der Waals surface area contributed by atoms with E-state index in [1.807, 2.05) is 19.9 Å². The maximum atomic E-state index is 12.6. The topological polar surface area (TPSA) is 102 Å². The maximum absolute atomic E-state index is 12.6. The molecule has 1 amide bonds. The van der Waals surface area contributed by atoms with E-state index in [-0.39, 0.29) is 12.5 Å². The Morgan fingerprint density at radius 3 is 1.94 bits per heavy atom. The Balaban J connectivity index is 1.48. The van der Waals surface area contributed by atoms with E-state index in [1.165, 1.54) is 7.11 Å². The van der Waals surface area contributed by atoms with Crippen molar-refractivity contribution in [1.82, 2.24) is 5.32 Å². The highest BCUT2D eigenvalue weighted by atomic mass is 16.8. The number of esters is 1. The van der Waals surface area contributed by atoms with Crippen LogP contribution in [-0.4, -0.2) is 73.7 Å². The van der Waals surface area contributed by atoms with Crippen LogP contribution in [0.4, 0.5) is 0 Å². The summed E-state index contributed by atoms with van der Waals surface area (Å²) in [5.74, 6) is -2.70. The molecule has 1 aliphatic carbocycles. The number of carbonyl (C=O) groups is 2. The quantitative estimate of drug-likeness (QED) is 0.693. The summed E-state index contributed by atoms with van der Waals surface area (Å²) >= 11 is 0. The highest BCUT2D eigenvalue weighted by Crippen LogP contribution is 2.46. The zero-order valence-electron chi connectivity index (χ0n) is 18.3. The minimum atomic E-state index is -0.884. The van der Waals surface area contributed by atoms with Gasteiger partial charge in [0.2, 0.25) is 0 Å². The number of nitrogens with one attached hydrogen (secondary N) is 1. The van der Waals surface area contributed by atoms with Crippen molar-refractivity contribution in [3.05, 3.63) is 35.9 Å². The molecule has 0 spiro atoms. The van der Waals surface area contributed by atoms with E-state index >= 15 is 0 Å². The fourth-order valence-electron chi connectivity index (χ4n) is 4.46. The van der Waals surface area contributed by atoms with E-state index < -0.39 is 54.2 Å². The lowest BCUT2D eigenvalue weighted by atomic mass is 9.84. The number of benzene rings is 1. The summed E-state index contributed by atoms with van der Waals surface area (Å²) in [6, 6.07) is 8.64. The zero-order chi connectivity index (χ0) is 22.4. The Hall–Kier alpha value is -2.04. The summed E-state index contributed by atoms with van der Waals surface area (Å²) in [5, 5.41) is 2.57. The van der Waals surface area contributed by atoms with Crippen LogP contribution in [0.5, 0.6) is 0 Å². The molecule has 1 N–H and O–H groups in total. The second kappa shape index (κ2) is 8.14. The summed E-state index contributed by atoms with van der Waals surface area (Å²) in [4.78, 5) is 24.8. The molecule has 0 bridgehead atoms. The molecular formula is C22H29NO8. The van der Waals surface area contributed by atoms with Crippen molar-refractivity contribution in [3.63, 3.8) is 0 Å². The third kappa shape index (κ3) is 4.47. The van der Waals surface area contributed by atoms with Gasteiger partial charge in [-0.15, -0.1) is 0 Å². The average Bonchev–Trinajstić information content (AvgIpc) is 3.21. The molecule has 1 aromatic carbocycles. The smallest absolute Gasteiger partial charge is 0.325 e. The van der Waals surface area contributed by atoms with Gasteiger partial charge in [-0.25, -0.2) is 0 Å². The number of ether oxygens (including phenoxy) is 6. The van der Waals surface area contributed by atoms with Gasteiger partial charge in [0.05, 0.1) is 0 Å². The van der Waals surface area contributed by atoms with Crippen LogP contribution in [0.1, 0.15) is 38.1 Å². The number of rotatable bonds is 5. The lowest BCUT2D eigenvalue weighted by Crippen LogP contribution is -2.63. The van der Waals surface area contributed by atoms with Gasteiger partial charge >= 0.3 is 5.97 Å². The molecule has 1 saturated carbocycles. The van der Waals surface area contributed by atoms with Crippen LogP contribution >= 0.6 is 0 Å². The first kappa shape index (κ1) is 22.2. The molecule has 0 radical (unpaired) electrons. The SMILES string of the molecule is COC1C(OC(=O)CNC(=O)c2ccccc2)C2OC(C)(C)OC2C2OC(C)(C)OC12. The molecule has 3 aliphatic rings. The summed E-state index contributed by atoms with van der Waals surface area (Å²) in [6.07, 6.45) is -3.46. The molecule has 31 heavy (non-hydrogen) atoms. The van der Waals surface area contributed by atoms with Crippen molar-refractivity contribution in [2.45, 2.75) is 75.9 Å². The molecule has 9 heteroatoms. The highest BCUT2D eigenvalue weighted by Gasteiger charge is 2.65. The molecule has 1 aromatic rings. The molecule has 6 atom stereocenters. The Morgan fingerprint density at radius 1 is 0.871 bits per heavy atom. The minimum absolute atomic E-state index is 0.292. The fourth-order valence-corrected chi connectivity index (χ4v) is 4.46. The first-order valence-electron chi connectivity index (χ1n) is 10.4. The lowest BCUT2D eigenvalue weighted by molar-refractivity contribution is -0.203. The number of fused-ring (bicyclic) bond motifs is 3. The molecule has 2 saturated heterocycles. The van der Waals surface area contributed by atoms with E-state index in [2.05, 4.69) is 5.32 Å². The Bertz CT molecular complexity index is 826. The predicted octanol–water partition coefficient (Wildman–Crippen LogP) is 1.40. The first-order valence-corrected chi connectivity index (χ1v) is 10.4. The third-order valence-electron chi connectivity index (χ3n) is 5.59. The Kier molecular flexibility index (Phi) is 5.82. The van der Waals surface area contributed by atoms with Gasteiger partial charge in [-0.1, -0.05) is 18.2 Å². The van der Waals surface area contributed by atoms with Gasteiger partial charge in [-0.2, -0.15) is 0 Å². The summed E-state index contributed by atoms with van der Waals surface area (Å²) in [7, 11) is 1.52. The Morgan fingerprint density at radius 2 is 1.39 bits per heavy atom. The molecule has 0 aromatic heterocycles. The molecular weight excluding hydrogens is 406 g/mol. The van der Waals surface area contributed by atoms with Crippen LogP contribution in [0.2, 0.25) is 0 Å². The van der Waals surface area contributed by atoms with Gasteiger partial charge in [0, 0.05) is 12.7 Å². The standard InChI is InChI=1S/C22H29NO8/c1-21(2)28-16-14(26-5)15(17-19(18(16)30-21)31-22(3,4)29-17)27-13(24)11-23-20(25)12-9-7-6-8-10-12/h6-10,14-19H,11H2,1-5H3,(H,23,25). The van der Waals surface area contributed by atoms with Crippen molar-refractivity contribution in [3.8, 4) is 0 Å². The van der Waals surface area contributed by atoms with Crippen molar-refractivity contribution < 1.29 is 38.0 Å². The number of carbonyl (C=O) groups excluding carboxylic acids is 2. The highest BCUT2D eigenvalue weighted by molar-refractivity contribution is 5.95. The van der Waals surface area contributed by atoms with Crippen LogP contribution in [0.3, 0.4) is 0 Å². The number of hydrogen-bond acceptors (Lipinski definition) is 8. The van der Waals surface area contributed by atoms with E-state index in [9.17, 15) is 9.59 Å². The monoisotopic (exact) mass is 435 g/mol. The zero-order valence-corrected chi connectivity index (χ0v) is 18.3. The van der Waals surface area contributed by atoms with Gasteiger partial charge in [0.25, 0.3) is 5.91 Å². The predicted molar refractivity (Wildman–Crippen MR) is 107 cm³/mol. The molecule has 3 fully saturated rings. The Labute approximate surface area is 181 Å². The summed E-state index contributed by atoms with van der Waals surface area (Å²) in [6.45, 7) is 6.92. The van der Waals surface area contributed by atoms with Crippen molar-refractivity contribution in [2.75, 3.05) is 13.7 Å². The van der Waals surface area contributed by atoms with Crippen molar-refractivity contribution in [1.29, 1.82) is 0 Å². The van der Waals surface area contributed by atoms with Gasteiger partial charge in [0.15, 0.2) is 17.7 Å². The number of amides is 1. The van der Waals surface area contributed by atoms with E-state index in [1.54, 1.807) is 38.1 Å². The summed E-state index contributed by atoms with van der Waals surface area (Å²) < 4.78 is 35.7. The van der Waals surface area contributed by atoms with Crippen LogP contribution in [0, 0.1) is 0 Å². The average molecular weight is 435 g/mol. The second-order valence-corrected chi connectivity index (χ2v) is 8.83. The van der Waals surface area contributed by atoms with Crippen LogP contribution < -0.4 is 5.32 Å². The second-order valence-electron chi connectivity index (χ2n) is 8.83. The molecule has 9 nitrogen and oxygen atoms in total. The molecule has 6 unspecified atom stereocenters. The van der Waals surface area contributed by atoms with Crippen molar-refractivity contribution in [2.24, 2.45) is 0 Å². The van der Waals surface area contributed by atoms with Gasteiger partial charge < -0.3 is 33.7 Å². The van der Waals surface area contributed by atoms with Gasteiger partial charge in [0.1, 0.15) is 37.1 Å². The molecule has 170 valence electrons. The minimum Gasteiger partial charge on any atom is -0.455 e. The van der Waals surface area contributed by atoms with E-state index in [4.69, 9.17) is 28.4 Å². The number of hydrogen-bond donors (Lipinski definition) is 1. The van der Waals surface area contributed by atoms with Crippen LogP contribution in [0.15, 0.2) is 30.3 Å². The van der Waals surface area contributed by atoms with Gasteiger partial charge in [-0.3, -0.25) is 9.59 Å². The molecule has 2 heterocycles. The van der Waals surface area contributed by atoms with Crippen LogP contribution in [0.25, 0.3) is 0 Å². The fraction of sp³-hybridized carbons (Fsp3) is 0.636. The van der Waals surface area contributed by atoms with E-state index in [0.717, 1.165) is 0 Å². The third-order valence-corrected chi connectivity index (χ3v) is 5.59. The molecule has 2 aliphatic heterocycles. The van der Waals surface area contributed by atoms with Crippen LogP contribution in [-0.2, 0) is 33.2 Å². The first-order chi connectivity index (χ1) is 14.6. The van der Waals surface area contributed by atoms with Crippen molar-refractivity contribution >= 4 is 11.9 Å². The number of methoxy groups -OCH3 is 1. The van der Waals surface area contributed by atoms with Gasteiger partial charge in [-0.05, 0) is 39.8 Å².